The molecular formula is C23H22F3N3O9S2. The summed E-state index contributed by atoms with van der Waals surface area (Å²) >= 11 is 0. The molecule has 17 heteroatoms. The van der Waals surface area contributed by atoms with Crippen LogP contribution in [0.5, 0.6) is 11.5 Å². The number of aromatic nitrogens is 2. The number of benzene rings is 2. The maximum absolute atomic E-state index is 13.1. The van der Waals surface area contributed by atoms with Crippen molar-refractivity contribution in [2.45, 2.75) is 12.9 Å². The number of ether oxygens (including phenoxy) is 2. The summed E-state index contributed by atoms with van der Waals surface area (Å²) in [4.78, 5) is 23.0. The summed E-state index contributed by atoms with van der Waals surface area (Å²) < 4.78 is 102. The van der Waals surface area contributed by atoms with Crippen LogP contribution in [-0.4, -0.2) is 77.7 Å². The largest absolute Gasteiger partial charge is 0.573 e. The Morgan fingerprint density at radius 3 is 2.05 bits per heavy atom. The molecule has 2 N–H and O–H groups in total. The lowest BCUT2D eigenvalue weighted by Crippen LogP contribution is -2.32. The first kappa shape index (κ1) is 30.7. The number of hydrogen-bond acceptors (Lipinski definition) is 9. The Morgan fingerprint density at radius 2 is 1.50 bits per heavy atom. The summed E-state index contributed by atoms with van der Waals surface area (Å²) in [6, 6.07) is 12.3. The van der Waals surface area contributed by atoms with Crippen molar-refractivity contribution in [2.75, 3.05) is 24.7 Å². The maximum Gasteiger partial charge on any atom is 0.573 e. The van der Waals surface area contributed by atoms with Crippen LogP contribution < -0.4 is 9.47 Å². The van der Waals surface area contributed by atoms with Gasteiger partial charge in [-0.1, -0.05) is 18.2 Å². The fourth-order valence-corrected chi connectivity index (χ4v) is 5.02. The van der Waals surface area contributed by atoms with Gasteiger partial charge in [0.05, 0.1) is 30.2 Å². The van der Waals surface area contributed by atoms with Crippen molar-refractivity contribution in [3.8, 4) is 22.6 Å². The molecule has 0 spiro atoms. The average Bonchev–Trinajstić information content (AvgIpc) is 3.01. The molecule has 12 nitrogen and oxygen atoms in total. The van der Waals surface area contributed by atoms with E-state index in [9.17, 15) is 34.8 Å². The van der Waals surface area contributed by atoms with Crippen LogP contribution in [-0.2, 0) is 26.8 Å². The molecular weight excluding hydrogens is 583 g/mol. The number of nitrogens with zero attached hydrogens (tertiary/aromatic N) is 3. The average molecular weight is 606 g/mol. The van der Waals surface area contributed by atoms with E-state index in [2.05, 4.69) is 14.7 Å². The Balaban J connectivity index is 0.000000378. The predicted octanol–water partition coefficient (Wildman–Crippen LogP) is 2.84. The zero-order valence-electron chi connectivity index (χ0n) is 20.4. The van der Waals surface area contributed by atoms with E-state index in [1.807, 2.05) is 0 Å². The van der Waals surface area contributed by atoms with Gasteiger partial charge < -0.3 is 14.4 Å². The number of fused-ring (bicyclic) bond motifs is 1. The summed E-state index contributed by atoms with van der Waals surface area (Å²) in [5, 5.41) is 0. The molecule has 1 aliphatic rings. The van der Waals surface area contributed by atoms with Gasteiger partial charge in [-0.05, 0) is 41.5 Å². The lowest BCUT2D eigenvalue weighted by Gasteiger charge is -2.19. The van der Waals surface area contributed by atoms with Crippen molar-refractivity contribution in [2.24, 2.45) is 0 Å². The molecule has 0 aliphatic carbocycles. The van der Waals surface area contributed by atoms with E-state index in [-0.39, 0.29) is 18.2 Å². The number of rotatable bonds is 7. The van der Waals surface area contributed by atoms with Crippen molar-refractivity contribution in [3.63, 3.8) is 0 Å². The third-order valence-corrected chi connectivity index (χ3v) is 6.79. The Hall–Kier alpha value is -3.80. The Morgan fingerprint density at radius 1 is 0.925 bits per heavy atom. The molecule has 1 aliphatic heterocycles. The molecule has 2 aromatic carbocycles. The third-order valence-electron chi connectivity index (χ3n) is 5.09. The Labute approximate surface area is 226 Å². The van der Waals surface area contributed by atoms with Gasteiger partial charge in [-0.3, -0.25) is 13.9 Å². The highest BCUT2D eigenvalue weighted by Crippen LogP contribution is 2.31. The Kier molecular flexibility index (Phi) is 9.67. The van der Waals surface area contributed by atoms with Gasteiger partial charge >= 0.3 is 6.36 Å². The third kappa shape index (κ3) is 10.1. The molecule has 0 bridgehead atoms. The second-order valence-corrected chi connectivity index (χ2v) is 11.2. The maximum atomic E-state index is 13.1. The number of alkyl halides is 3. The molecule has 0 unspecified atom stereocenters. The number of amides is 1. The number of halogens is 3. The Bertz CT molecular complexity index is 1500. The van der Waals surface area contributed by atoms with Gasteiger partial charge in [0.25, 0.3) is 26.1 Å². The first-order valence-corrected chi connectivity index (χ1v) is 14.4. The predicted molar refractivity (Wildman–Crippen MR) is 134 cm³/mol. The lowest BCUT2D eigenvalue weighted by atomic mass is 10.0. The standard InChI is InChI=1S/C21H16F3N3O3.C2H6O6S2/c22-21(23,24)30-16-5-2-14(3-6-16)15-4-7-18-17(12-15)20(28)27(10-11-29-18)13-19-25-8-1-9-26-19;3-9(4,5)1-2-10(6,7)8/h1-9,12H,10-11,13H2;1-2H2,(H,3,4,5)(H,6,7,8). The van der Waals surface area contributed by atoms with Crippen LogP contribution in [0.1, 0.15) is 16.2 Å². The van der Waals surface area contributed by atoms with Gasteiger partial charge in [-0.15, -0.1) is 13.2 Å². The van der Waals surface area contributed by atoms with Crippen LogP contribution in [0.3, 0.4) is 0 Å². The molecule has 0 radical (unpaired) electrons. The minimum Gasteiger partial charge on any atom is -0.491 e. The van der Waals surface area contributed by atoms with Crippen LogP contribution in [0, 0.1) is 0 Å². The minimum absolute atomic E-state index is 0.228. The molecule has 0 fully saturated rings. The molecule has 0 saturated heterocycles. The smallest absolute Gasteiger partial charge is 0.491 e. The van der Waals surface area contributed by atoms with Gasteiger partial charge in [-0.25, -0.2) is 9.97 Å². The highest BCUT2D eigenvalue weighted by Gasteiger charge is 2.31. The van der Waals surface area contributed by atoms with E-state index < -0.39 is 38.1 Å². The normalized spacial score (nSPS) is 13.8. The highest BCUT2D eigenvalue weighted by molar-refractivity contribution is 7.89. The molecule has 1 amide bonds. The molecule has 0 atom stereocenters. The zero-order valence-corrected chi connectivity index (χ0v) is 22.0. The second-order valence-electron chi connectivity index (χ2n) is 8.10. The van der Waals surface area contributed by atoms with Crippen molar-refractivity contribution < 1.29 is 53.4 Å². The van der Waals surface area contributed by atoms with Crippen LogP contribution in [0.25, 0.3) is 11.1 Å². The van der Waals surface area contributed by atoms with Gasteiger partial charge in [0.2, 0.25) is 0 Å². The van der Waals surface area contributed by atoms with Crippen molar-refractivity contribution in [3.05, 3.63) is 72.3 Å². The molecule has 0 saturated carbocycles. The van der Waals surface area contributed by atoms with E-state index in [1.54, 1.807) is 41.6 Å². The number of hydrogen-bond donors (Lipinski definition) is 2. The van der Waals surface area contributed by atoms with Crippen LogP contribution in [0.2, 0.25) is 0 Å². The topological polar surface area (TPSA) is 173 Å². The summed E-state index contributed by atoms with van der Waals surface area (Å²) in [7, 11) is -8.59. The van der Waals surface area contributed by atoms with Crippen LogP contribution in [0.15, 0.2) is 60.9 Å². The molecule has 3 aromatic rings. The monoisotopic (exact) mass is 605 g/mol. The van der Waals surface area contributed by atoms with E-state index in [1.165, 1.54) is 24.3 Å². The van der Waals surface area contributed by atoms with E-state index >= 15 is 0 Å². The van der Waals surface area contributed by atoms with Crippen LogP contribution in [0.4, 0.5) is 13.2 Å². The van der Waals surface area contributed by atoms with Crippen LogP contribution >= 0.6 is 0 Å². The fraction of sp³-hybridized carbons (Fsp3) is 0.261. The quantitative estimate of drug-likeness (QED) is 0.379. The zero-order chi connectivity index (χ0) is 29.6. The lowest BCUT2D eigenvalue weighted by molar-refractivity contribution is -0.274. The summed E-state index contributed by atoms with van der Waals surface area (Å²) in [5.41, 5.74) is 1.68. The van der Waals surface area contributed by atoms with Crippen molar-refractivity contribution in [1.82, 2.24) is 14.9 Å². The van der Waals surface area contributed by atoms with E-state index in [0.29, 0.717) is 41.4 Å². The molecule has 2 heterocycles. The summed E-state index contributed by atoms with van der Waals surface area (Å²) in [6.45, 7) is 0.954. The van der Waals surface area contributed by atoms with Gasteiger partial charge in [0.1, 0.15) is 23.9 Å². The van der Waals surface area contributed by atoms with Gasteiger partial charge in [0, 0.05) is 12.4 Å². The minimum atomic E-state index is -4.75. The molecule has 40 heavy (non-hydrogen) atoms. The molecule has 4 rings (SSSR count). The van der Waals surface area contributed by atoms with Gasteiger partial charge in [0.15, 0.2) is 0 Å². The SMILES string of the molecule is O=C1c2cc(-c3ccc(OC(F)(F)F)cc3)ccc2OCCN1Cc1ncccn1.O=S(=O)(O)CCS(=O)(=O)O. The van der Waals surface area contributed by atoms with Gasteiger partial charge in [-0.2, -0.15) is 16.8 Å². The molecule has 216 valence electrons. The first-order chi connectivity index (χ1) is 18.6. The fourth-order valence-electron chi connectivity index (χ4n) is 3.33. The van der Waals surface area contributed by atoms with E-state index in [0.717, 1.165) is 0 Å². The first-order valence-electron chi connectivity index (χ1n) is 11.2. The molecule has 1 aromatic heterocycles. The number of carbonyl (C=O) groups is 1. The second kappa shape index (κ2) is 12.6. The summed E-state index contributed by atoms with van der Waals surface area (Å²) in [5.74, 6) is -1.52. The van der Waals surface area contributed by atoms with Crippen molar-refractivity contribution >= 4 is 26.1 Å². The number of carbonyl (C=O) groups excluding carboxylic acids is 1. The van der Waals surface area contributed by atoms with E-state index in [4.69, 9.17) is 13.8 Å². The highest BCUT2D eigenvalue weighted by atomic mass is 32.2. The van der Waals surface area contributed by atoms with Crippen molar-refractivity contribution in [1.29, 1.82) is 0 Å². The summed E-state index contributed by atoms with van der Waals surface area (Å²) in [6.07, 6.45) is -1.53.